The number of rotatable bonds is 5. The fourth-order valence-electron chi connectivity index (χ4n) is 1.76. The van der Waals surface area contributed by atoms with Crippen molar-refractivity contribution in [2.75, 3.05) is 20.3 Å². The van der Waals surface area contributed by atoms with E-state index in [1.807, 2.05) is 18.2 Å². The first-order valence-corrected chi connectivity index (χ1v) is 6.05. The Balaban J connectivity index is 2.01. The van der Waals surface area contributed by atoms with Gasteiger partial charge in [-0.1, -0.05) is 18.2 Å². The van der Waals surface area contributed by atoms with E-state index in [0.717, 1.165) is 0 Å². The van der Waals surface area contributed by atoms with Crippen molar-refractivity contribution < 1.29 is 29.2 Å². The Bertz CT molecular complexity index is 371. The van der Waals surface area contributed by atoms with Crippen LogP contribution in [0.2, 0.25) is 0 Å². The normalized spacial score (nSPS) is 28.9. The number of benzene rings is 1. The summed E-state index contributed by atoms with van der Waals surface area (Å²) in [6, 6.07) is 9.10. The van der Waals surface area contributed by atoms with Gasteiger partial charge in [-0.25, -0.2) is 0 Å². The van der Waals surface area contributed by atoms with Gasteiger partial charge in [0, 0.05) is 7.11 Å². The number of aliphatic hydroxyl groups is 2. The molecule has 19 heavy (non-hydrogen) atoms. The summed E-state index contributed by atoms with van der Waals surface area (Å²) < 4.78 is 21.7. The molecule has 0 radical (unpaired) electrons. The fourth-order valence-corrected chi connectivity index (χ4v) is 1.76. The molecule has 0 aromatic heterocycles. The highest BCUT2D eigenvalue weighted by molar-refractivity contribution is 5.21. The minimum absolute atomic E-state index is 0.134. The lowest BCUT2D eigenvalue weighted by molar-refractivity contribution is -0.324. The van der Waals surface area contributed by atoms with Crippen LogP contribution in [0, 0.1) is 0 Å². The Labute approximate surface area is 111 Å². The van der Waals surface area contributed by atoms with Gasteiger partial charge < -0.3 is 29.2 Å². The monoisotopic (exact) mass is 270 g/mol. The summed E-state index contributed by atoms with van der Waals surface area (Å²) in [4.78, 5) is 0. The maximum Gasteiger partial charge on any atom is 0.251 e. The second-order valence-corrected chi connectivity index (χ2v) is 4.16. The van der Waals surface area contributed by atoms with Crippen LogP contribution in [0.25, 0.3) is 0 Å². The second-order valence-electron chi connectivity index (χ2n) is 4.16. The van der Waals surface area contributed by atoms with Crippen LogP contribution in [-0.4, -0.2) is 55.3 Å². The van der Waals surface area contributed by atoms with Crippen LogP contribution in [0.15, 0.2) is 30.3 Å². The summed E-state index contributed by atoms with van der Waals surface area (Å²) in [5.41, 5.74) is 0. The molecular weight excluding hydrogens is 252 g/mol. The van der Waals surface area contributed by atoms with Crippen LogP contribution in [-0.2, 0) is 14.2 Å². The summed E-state index contributed by atoms with van der Waals surface area (Å²) in [6.45, 7) is -0.265. The van der Waals surface area contributed by atoms with E-state index in [-0.39, 0.29) is 6.61 Å². The maximum atomic E-state index is 9.57. The van der Waals surface area contributed by atoms with Crippen LogP contribution in [0.3, 0.4) is 0 Å². The molecule has 4 atom stereocenters. The first-order valence-electron chi connectivity index (χ1n) is 6.05. The third kappa shape index (κ3) is 3.65. The van der Waals surface area contributed by atoms with Crippen LogP contribution in [0.5, 0.6) is 5.75 Å². The van der Waals surface area contributed by atoms with Gasteiger partial charge in [0.2, 0.25) is 6.29 Å². The zero-order valence-corrected chi connectivity index (χ0v) is 10.6. The van der Waals surface area contributed by atoms with Crippen molar-refractivity contribution in [3.8, 4) is 5.75 Å². The van der Waals surface area contributed by atoms with Gasteiger partial charge in [-0.15, -0.1) is 0 Å². The van der Waals surface area contributed by atoms with E-state index in [0.29, 0.717) is 5.75 Å². The number of aliphatic hydroxyl groups excluding tert-OH is 2. The predicted molar refractivity (Wildman–Crippen MR) is 65.6 cm³/mol. The molecule has 1 aromatic rings. The van der Waals surface area contributed by atoms with E-state index in [4.69, 9.17) is 24.1 Å². The van der Waals surface area contributed by atoms with Crippen molar-refractivity contribution >= 4 is 0 Å². The molecule has 1 aliphatic heterocycles. The highest BCUT2D eigenvalue weighted by atomic mass is 16.8. The van der Waals surface area contributed by atoms with Gasteiger partial charge in [-0.3, -0.25) is 0 Å². The number of para-hydroxylation sites is 1. The molecule has 2 rings (SSSR count). The maximum absolute atomic E-state index is 9.57. The smallest absolute Gasteiger partial charge is 0.251 e. The fraction of sp³-hybridized carbons (Fsp3) is 0.538. The Morgan fingerprint density at radius 1 is 1.32 bits per heavy atom. The lowest BCUT2D eigenvalue weighted by Crippen LogP contribution is -2.51. The van der Waals surface area contributed by atoms with Crippen molar-refractivity contribution in [3.05, 3.63) is 30.3 Å². The average molecular weight is 270 g/mol. The summed E-state index contributed by atoms with van der Waals surface area (Å²) in [6.07, 6.45) is -3.14. The molecule has 1 heterocycles. The van der Waals surface area contributed by atoms with Gasteiger partial charge in [0.1, 0.15) is 18.0 Å². The zero-order chi connectivity index (χ0) is 13.7. The number of hydrogen-bond acceptors (Lipinski definition) is 6. The second kappa shape index (κ2) is 6.83. The molecular formula is C13H18O6. The van der Waals surface area contributed by atoms with Crippen molar-refractivity contribution in [1.82, 2.24) is 0 Å². The molecule has 2 N–H and O–H groups in total. The van der Waals surface area contributed by atoms with Crippen LogP contribution in [0.4, 0.5) is 0 Å². The van der Waals surface area contributed by atoms with Crippen molar-refractivity contribution in [2.45, 2.75) is 24.8 Å². The minimum Gasteiger partial charge on any atom is -0.459 e. The van der Waals surface area contributed by atoms with Crippen LogP contribution in [0.1, 0.15) is 0 Å². The van der Waals surface area contributed by atoms with E-state index in [1.54, 1.807) is 12.1 Å². The average Bonchev–Trinajstić information content (AvgIpc) is 2.47. The van der Waals surface area contributed by atoms with Crippen LogP contribution < -0.4 is 4.74 Å². The lowest BCUT2D eigenvalue weighted by atomic mass is 10.2. The van der Waals surface area contributed by atoms with E-state index in [9.17, 15) is 5.11 Å². The Morgan fingerprint density at radius 3 is 2.68 bits per heavy atom. The van der Waals surface area contributed by atoms with Gasteiger partial charge in [0.25, 0.3) is 6.29 Å². The van der Waals surface area contributed by atoms with Gasteiger partial charge in [-0.2, -0.15) is 0 Å². The quantitative estimate of drug-likeness (QED) is 0.792. The molecule has 0 saturated carbocycles. The molecule has 1 aromatic carbocycles. The molecule has 0 aliphatic carbocycles. The molecule has 6 heteroatoms. The highest BCUT2D eigenvalue weighted by Gasteiger charge is 2.37. The molecule has 1 aliphatic rings. The minimum atomic E-state index is -1.01. The topological polar surface area (TPSA) is 77.4 Å². The zero-order valence-electron chi connectivity index (χ0n) is 10.6. The molecule has 1 fully saturated rings. The Morgan fingerprint density at radius 2 is 2.05 bits per heavy atom. The number of methoxy groups -OCH3 is 1. The molecule has 0 amide bonds. The molecule has 0 unspecified atom stereocenters. The van der Waals surface area contributed by atoms with E-state index < -0.39 is 31.4 Å². The number of ether oxygens (including phenoxy) is 4. The van der Waals surface area contributed by atoms with Crippen molar-refractivity contribution in [3.63, 3.8) is 0 Å². The number of hydrogen-bond donors (Lipinski definition) is 2. The molecule has 0 bridgehead atoms. The SMILES string of the molecule is CO[C@@H]1OC[C@H]([C@H](O)CO)O[C@H]1Oc1ccccc1. The Hall–Kier alpha value is -1.18. The predicted octanol–water partition coefficient (Wildman–Crippen LogP) is 0.133. The first-order chi connectivity index (χ1) is 9.24. The molecule has 0 spiro atoms. The van der Waals surface area contributed by atoms with Crippen molar-refractivity contribution in [1.29, 1.82) is 0 Å². The van der Waals surface area contributed by atoms with E-state index in [2.05, 4.69) is 0 Å². The van der Waals surface area contributed by atoms with E-state index in [1.165, 1.54) is 7.11 Å². The van der Waals surface area contributed by atoms with Crippen molar-refractivity contribution in [2.24, 2.45) is 0 Å². The summed E-state index contributed by atoms with van der Waals surface area (Å²) >= 11 is 0. The molecule has 6 nitrogen and oxygen atoms in total. The molecule has 106 valence electrons. The largest absolute Gasteiger partial charge is 0.459 e. The molecule has 1 saturated heterocycles. The Kier molecular flexibility index (Phi) is 5.12. The standard InChI is InChI=1S/C13H18O6/c1-16-12-13(18-9-5-3-2-4-6-9)19-11(8-17-12)10(15)7-14/h2-6,10-15H,7-8H2,1H3/t10-,11-,12-,13-/m1/s1. The van der Waals surface area contributed by atoms with Gasteiger partial charge >= 0.3 is 0 Å². The highest BCUT2D eigenvalue weighted by Crippen LogP contribution is 2.21. The third-order valence-electron chi connectivity index (χ3n) is 2.80. The van der Waals surface area contributed by atoms with Gasteiger partial charge in [-0.05, 0) is 12.1 Å². The van der Waals surface area contributed by atoms with Gasteiger partial charge in [0.15, 0.2) is 0 Å². The summed E-state index contributed by atoms with van der Waals surface area (Å²) in [5.74, 6) is 0.609. The first kappa shape index (κ1) is 14.2. The summed E-state index contributed by atoms with van der Waals surface area (Å²) in [7, 11) is 1.48. The van der Waals surface area contributed by atoms with E-state index >= 15 is 0 Å². The lowest BCUT2D eigenvalue weighted by Gasteiger charge is -2.36. The summed E-state index contributed by atoms with van der Waals surface area (Å²) in [5, 5.41) is 18.5. The third-order valence-corrected chi connectivity index (χ3v) is 2.80. The van der Waals surface area contributed by atoms with Gasteiger partial charge in [0.05, 0.1) is 13.2 Å². The van der Waals surface area contributed by atoms with Crippen LogP contribution >= 0.6 is 0 Å².